The molecule has 42 heavy (non-hydrogen) atoms. The monoisotopic (exact) mass is 541 g/mol. The number of hydrogen-bond donors (Lipinski definition) is 0. The van der Waals surface area contributed by atoms with Crippen molar-refractivity contribution in [1.82, 2.24) is 9.35 Å². The van der Waals surface area contributed by atoms with E-state index >= 15 is 0 Å². The van der Waals surface area contributed by atoms with Gasteiger partial charge in [0.05, 0.1) is 0 Å². The molecule has 0 saturated carbocycles. The standard InChI is InChI=1S/C33H19N9/c1-40-41-30-22-14-6-7-15-23(22)32(41)38-28-20-12-4-5-13-21(20)29(35-28)39-33-25-17-9-8-16-24(25)31(42(33)40)37-27-19-11-3-2-10-18(19)26(34-27)36-30/h2-17H,1H3/b36-26-,36-30?,37-27?,37-31-,38-28-,38-32?,39-29?,39-33-. The predicted octanol–water partition coefficient (Wildman–Crippen LogP) is 4.57. The first kappa shape index (κ1) is 21.8. The number of aromatic nitrogens is 2. The highest BCUT2D eigenvalue weighted by Gasteiger charge is 2.31. The van der Waals surface area contributed by atoms with E-state index in [1.54, 1.807) is 0 Å². The first-order chi connectivity index (χ1) is 20.7. The van der Waals surface area contributed by atoms with Gasteiger partial charge in [-0.3, -0.25) is 0 Å². The molecule has 4 aliphatic heterocycles. The van der Waals surface area contributed by atoms with E-state index in [-0.39, 0.29) is 0 Å². The predicted molar refractivity (Wildman–Crippen MR) is 164 cm³/mol. The van der Waals surface area contributed by atoms with Gasteiger partial charge in [-0.1, -0.05) is 97.1 Å². The molecule has 0 aliphatic carbocycles. The van der Waals surface area contributed by atoms with E-state index in [9.17, 15) is 0 Å². The Morgan fingerprint density at radius 3 is 1.17 bits per heavy atom. The van der Waals surface area contributed by atoms with Gasteiger partial charge in [-0.15, -0.1) is 0 Å². The van der Waals surface area contributed by atoms with Gasteiger partial charge in [0.1, 0.15) is 0 Å². The van der Waals surface area contributed by atoms with E-state index in [0.29, 0.717) is 23.3 Å². The van der Waals surface area contributed by atoms with Gasteiger partial charge in [0.25, 0.3) is 0 Å². The second kappa shape index (κ2) is 7.61. The molecule has 0 fully saturated rings. The molecule has 9 heteroatoms. The van der Waals surface area contributed by atoms with Crippen molar-refractivity contribution in [1.29, 1.82) is 0 Å². The molecule has 10 rings (SSSR count). The average Bonchev–Trinajstić information content (AvgIpc) is 3.74. The zero-order valence-corrected chi connectivity index (χ0v) is 22.3. The normalized spacial score (nSPS) is 19.8. The molecule has 196 valence electrons. The van der Waals surface area contributed by atoms with Crippen LogP contribution < -0.4 is 16.1 Å². The maximum Gasteiger partial charge on any atom is 0.165 e. The molecule has 4 aromatic carbocycles. The minimum atomic E-state index is 0.620. The Hall–Kier alpha value is -5.96. The maximum atomic E-state index is 5.23. The van der Waals surface area contributed by atoms with E-state index in [0.717, 1.165) is 66.4 Å². The van der Waals surface area contributed by atoms with Crippen molar-refractivity contribution in [2.24, 2.45) is 30.0 Å². The van der Waals surface area contributed by atoms with Gasteiger partial charge in [-0.05, 0) is 0 Å². The fraction of sp³-hybridized carbons (Fsp3) is 0.0303. The van der Waals surface area contributed by atoms with E-state index < -0.39 is 0 Å². The van der Waals surface area contributed by atoms with Crippen LogP contribution in [0.2, 0.25) is 0 Å². The molecule has 0 saturated heterocycles. The highest BCUT2D eigenvalue weighted by molar-refractivity contribution is 6.25. The fourth-order valence-electron chi connectivity index (χ4n) is 6.40. The van der Waals surface area contributed by atoms with Gasteiger partial charge in [-0.2, -0.15) is 0 Å². The number of benzene rings is 4. The van der Waals surface area contributed by atoms with E-state index in [4.69, 9.17) is 30.0 Å². The molecular formula is C33H19N9. The number of hydrogen-bond acceptors (Lipinski definition) is 7. The molecule has 6 bridgehead atoms. The van der Waals surface area contributed by atoms with E-state index in [1.807, 2.05) is 70.0 Å². The van der Waals surface area contributed by atoms with Crippen LogP contribution in [0.25, 0.3) is 21.5 Å². The lowest BCUT2D eigenvalue weighted by atomic mass is 10.1. The Labute approximate surface area is 238 Å². The fourth-order valence-corrected chi connectivity index (χ4v) is 6.40. The molecule has 2 aromatic heterocycles. The Bertz CT molecular complexity index is 2320. The summed E-state index contributed by atoms with van der Waals surface area (Å²) in [5, 5.41) is 5.85. The van der Waals surface area contributed by atoms with Crippen LogP contribution in [0.15, 0.2) is 127 Å². The number of rotatable bonds is 0. The molecule has 0 radical (unpaired) electrons. The first-order valence-electron chi connectivity index (χ1n) is 13.7. The summed E-state index contributed by atoms with van der Waals surface area (Å²) in [5.41, 5.74) is 5.22. The van der Waals surface area contributed by atoms with Crippen molar-refractivity contribution in [3.63, 3.8) is 0 Å². The van der Waals surface area contributed by atoms with Crippen molar-refractivity contribution in [2.75, 3.05) is 12.2 Å². The van der Waals surface area contributed by atoms with Gasteiger partial charge < -0.3 is 0 Å². The highest BCUT2D eigenvalue weighted by atomic mass is 15.8. The van der Waals surface area contributed by atoms with Crippen LogP contribution in [0, 0.1) is 0 Å². The molecule has 0 amide bonds. The average molecular weight is 542 g/mol. The minimum absolute atomic E-state index is 0.620. The quantitative estimate of drug-likeness (QED) is 0.277. The van der Waals surface area contributed by atoms with Gasteiger partial charge >= 0.3 is 0 Å². The Kier molecular flexibility index (Phi) is 3.95. The lowest BCUT2D eigenvalue weighted by Crippen LogP contribution is -2.48. The van der Waals surface area contributed by atoms with Crippen molar-refractivity contribution in [3.8, 4) is 0 Å². The summed E-state index contributed by atoms with van der Waals surface area (Å²) in [6.07, 6.45) is 0. The molecule has 0 N–H and O–H groups in total. The third-order valence-electron chi connectivity index (χ3n) is 8.29. The van der Waals surface area contributed by atoms with Crippen molar-refractivity contribution in [3.05, 3.63) is 130 Å². The van der Waals surface area contributed by atoms with Crippen LogP contribution >= 0.6 is 0 Å². The summed E-state index contributed by atoms with van der Waals surface area (Å²) < 4.78 is 4.06. The summed E-state index contributed by atoms with van der Waals surface area (Å²) in [6, 6.07) is 32.7. The van der Waals surface area contributed by atoms with Crippen LogP contribution in [-0.4, -0.2) is 39.7 Å². The lowest BCUT2D eigenvalue weighted by Gasteiger charge is -2.25. The van der Waals surface area contributed by atoms with E-state index in [1.165, 1.54) is 0 Å². The first-order valence-corrected chi connectivity index (χ1v) is 13.7. The number of nitrogens with zero attached hydrogens (tertiary/aromatic N) is 9. The topological polar surface area (TPSA) is 87.3 Å². The van der Waals surface area contributed by atoms with Crippen LogP contribution in [-0.2, 0) is 0 Å². The van der Waals surface area contributed by atoms with Crippen LogP contribution in [0.1, 0.15) is 22.3 Å². The van der Waals surface area contributed by atoms with Gasteiger partial charge in [0.2, 0.25) is 0 Å². The summed E-state index contributed by atoms with van der Waals surface area (Å²) in [7, 11) is 2.00. The Balaban J connectivity index is 1.50. The van der Waals surface area contributed by atoms with Crippen LogP contribution in [0.5, 0.6) is 0 Å². The second-order valence-corrected chi connectivity index (χ2v) is 10.6. The molecule has 0 spiro atoms. The van der Waals surface area contributed by atoms with Crippen LogP contribution in [0.4, 0.5) is 11.6 Å². The molecule has 6 aromatic rings. The largest absolute Gasteiger partial charge is 0.214 e. The van der Waals surface area contributed by atoms with Gasteiger partial charge in [0.15, 0.2) is 46.0 Å². The zero-order valence-electron chi connectivity index (χ0n) is 22.3. The zero-order chi connectivity index (χ0) is 27.5. The maximum absolute atomic E-state index is 5.23. The summed E-state index contributed by atoms with van der Waals surface area (Å²) >= 11 is 0. The molecular weight excluding hydrogens is 522 g/mol. The number of aliphatic imine (C=N–C) groups is 4. The third kappa shape index (κ3) is 2.67. The smallest absolute Gasteiger partial charge is 0.165 e. The molecule has 0 unspecified atom stereocenters. The SMILES string of the molecule is CN1n2c3c4ccccc4c2/N=C2N=C(/N=c4/c5ccccc5/c(n41)=N/C1=NC(=N\3)/c3ccccc31)c1ccccc1\2. The Morgan fingerprint density at radius 2 is 0.738 bits per heavy atom. The van der Waals surface area contributed by atoms with Gasteiger partial charge in [0, 0.05) is 50.8 Å². The number of fused-ring (bicyclic) bond motifs is 14. The third-order valence-corrected chi connectivity index (χ3v) is 8.29. The summed E-state index contributed by atoms with van der Waals surface area (Å²) in [6.45, 7) is 0. The van der Waals surface area contributed by atoms with Crippen molar-refractivity contribution >= 4 is 56.5 Å². The lowest BCUT2D eigenvalue weighted by molar-refractivity contribution is 0.547. The van der Waals surface area contributed by atoms with Crippen molar-refractivity contribution < 1.29 is 0 Å². The molecule has 9 nitrogen and oxygen atoms in total. The van der Waals surface area contributed by atoms with E-state index in [2.05, 4.69) is 48.5 Å². The van der Waals surface area contributed by atoms with Crippen LogP contribution in [0.3, 0.4) is 0 Å². The summed E-state index contributed by atoms with van der Waals surface area (Å²) in [4.78, 5) is 30.9. The van der Waals surface area contributed by atoms with Gasteiger partial charge in [-0.25, -0.2) is 44.4 Å². The number of amidine groups is 4. The molecule has 6 heterocycles. The Morgan fingerprint density at radius 1 is 0.381 bits per heavy atom. The second-order valence-electron chi connectivity index (χ2n) is 10.6. The van der Waals surface area contributed by atoms with Crippen molar-refractivity contribution in [2.45, 2.75) is 0 Å². The summed E-state index contributed by atoms with van der Waals surface area (Å²) in [5.74, 6) is 3.91. The highest BCUT2D eigenvalue weighted by Crippen LogP contribution is 2.40. The molecule has 4 aliphatic rings. The minimum Gasteiger partial charge on any atom is -0.214 e. The molecule has 0 atom stereocenters.